The van der Waals surface area contributed by atoms with Crippen LogP contribution in [0.15, 0.2) is 24.3 Å². The number of hydrogen-bond donors (Lipinski definition) is 3. The lowest BCUT2D eigenvalue weighted by atomic mass is 10.1. The van der Waals surface area contributed by atoms with Crippen molar-refractivity contribution in [1.82, 2.24) is 4.98 Å². The molecule has 0 fully saturated rings. The summed E-state index contributed by atoms with van der Waals surface area (Å²) in [5.74, 6) is -1.02. The van der Waals surface area contributed by atoms with Gasteiger partial charge in [-0.3, -0.25) is 4.79 Å². The van der Waals surface area contributed by atoms with Gasteiger partial charge in [0, 0.05) is 16.6 Å². The Hall–Kier alpha value is -1.81. The first kappa shape index (κ1) is 9.73. The highest BCUT2D eigenvalue weighted by molar-refractivity contribution is 5.87. The van der Waals surface area contributed by atoms with Crippen LogP contribution in [-0.4, -0.2) is 16.1 Å². The van der Waals surface area contributed by atoms with Gasteiger partial charge in [0.1, 0.15) is 6.04 Å². The fourth-order valence-corrected chi connectivity index (χ4v) is 1.74. The minimum absolute atomic E-state index is 0.573. The highest BCUT2D eigenvalue weighted by atomic mass is 16.4. The van der Waals surface area contributed by atoms with Crippen molar-refractivity contribution in [2.24, 2.45) is 5.73 Å². The number of carboxylic acids is 1. The first-order valence-electron chi connectivity index (χ1n) is 4.67. The Bertz CT molecular complexity index is 516. The number of aromatic nitrogens is 1. The van der Waals surface area contributed by atoms with E-state index in [-0.39, 0.29) is 0 Å². The molecule has 1 heterocycles. The maximum Gasteiger partial charge on any atom is 0.326 e. The summed E-state index contributed by atoms with van der Waals surface area (Å²) in [6, 6.07) is 6.67. The molecule has 15 heavy (non-hydrogen) atoms. The molecular weight excluding hydrogens is 192 g/mol. The van der Waals surface area contributed by atoms with E-state index in [1.54, 1.807) is 0 Å². The molecule has 78 valence electrons. The molecule has 0 saturated carbocycles. The van der Waals surface area contributed by atoms with Gasteiger partial charge in [0.2, 0.25) is 0 Å². The highest BCUT2D eigenvalue weighted by Gasteiger charge is 2.19. The second-order valence-electron chi connectivity index (χ2n) is 3.53. The predicted octanol–water partition coefficient (Wildman–Crippen LogP) is 1.56. The molecule has 0 spiro atoms. The van der Waals surface area contributed by atoms with Gasteiger partial charge in [-0.2, -0.15) is 0 Å². The molecule has 1 aromatic carbocycles. The third-order valence-electron chi connectivity index (χ3n) is 2.58. The Morgan fingerprint density at radius 2 is 2.13 bits per heavy atom. The molecule has 0 aliphatic rings. The summed E-state index contributed by atoms with van der Waals surface area (Å²) < 4.78 is 0. The second-order valence-corrected chi connectivity index (χ2v) is 3.53. The van der Waals surface area contributed by atoms with Gasteiger partial charge in [0.05, 0.1) is 0 Å². The van der Waals surface area contributed by atoms with E-state index in [4.69, 9.17) is 10.8 Å². The van der Waals surface area contributed by atoms with Gasteiger partial charge in [0.25, 0.3) is 0 Å². The Balaban J connectivity index is 2.63. The number of nitrogens with two attached hydrogens (primary N) is 1. The molecule has 1 atom stereocenters. The number of hydrogen-bond acceptors (Lipinski definition) is 2. The molecule has 1 unspecified atom stereocenters. The van der Waals surface area contributed by atoms with Crippen LogP contribution in [-0.2, 0) is 4.79 Å². The summed E-state index contributed by atoms with van der Waals surface area (Å²) in [6.07, 6.45) is 0. The van der Waals surface area contributed by atoms with Gasteiger partial charge in [-0.05, 0) is 18.6 Å². The van der Waals surface area contributed by atoms with Gasteiger partial charge in [-0.15, -0.1) is 0 Å². The minimum Gasteiger partial charge on any atom is -0.480 e. The number of carbonyl (C=O) groups is 1. The Kier molecular flexibility index (Phi) is 2.21. The summed E-state index contributed by atoms with van der Waals surface area (Å²) in [5.41, 5.74) is 7.97. The van der Waals surface area contributed by atoms with E-state index in [2.05, 4.69) is 4.98 Å². The molecule has 4 N–H and O–H groups in total. The van der Waals surface area contributed by atoms with Gasteiger partial charge >= 0.3 is 5.97 Å². The Morgan fingerprint density at radius 3 is 2.73 bits per heavy atom. The van der Waals surface area contributed by atoms with Crippen molar-refractivity contribution in [3.05, 3.63) is 35.5 Å². The summed E-state index contributed by atoms with van der Waals surface area (Å²) in [5, 5.41) is 9.86. The van der Waals surface area contributed by atoms with Crippen LogP contribution in [0, 0.1) is 6.92 Å². The fourth-order valence-electron chi connectivity index (χ4n) is 1.74. The Labute approximate surface area is 86.7 Å². The molecule has 4 heteroatoms. The number of aromatic amines is 1. The summed E-state index contributed by atoms with van der Waals surface area (Å²) in [4.78, 5) is 13.8. The van der Waals surface area contributed by atoms with Crippen molar-refractivity contribution < 1.29 is 9.90 Å². The second kappa shape index (κ2) is 3.40. The quantitative estimate of drug-likeness (QED) is 0.694. The molecule has 0 radical (unpaired) electrons. The lowest BCUT2D eigenvalue weighted by molar-refractivity contribution is -0.138. The molecule has 4 nitrogen and oxygen atoms in total. The van der Waals surface area contributed by atoms with Crippen LogP contribution in [0.1, 0.15) is 17.3 Å². The minimum atomic E-state index is -1.02. The molecule has 1 aromatic heterocycles. The zero-order valence-electron chi connectivity index (χ0n) is 8.32. The van der Waals surface area contributed by atoms with Crippen molar-refractivity contribution >= 4 is 16.9 Å². The van der Waals surface area contributed by atoms with E-state index >= 15 is 0 Å². The largest absolute Gasteiger partial charge is 0.480 e. The molecule has 0 amide bonds. The smallest absolute Gasteiger partial charge is 0.326 e. The third-order valence-corrected chi connectivity index (χ3v) is 2.58. The zero-order valence-corrected chi connectivity index (χ0v) is 8.32. The van der Waals surface area contributed by atoms with E-state index in [9.17, 15) is 4.79 Å². The number of nitrogens with one attached hydrogen (secondary N) is 1. The number of para-hydroxylation sites is 1. The number of H-pyrrole nitrogens is 1. The van der Waals surface area contributed by atoms with Gasteiger partial charge in [0.15, 0.2) is 0 Å². The van der Waals surface area contributed by atoms with E-state index in [0.29, 0.717) is 5.69 Å². The molecule has 2 aromatic rings. The van der Waals surface area contributed by atoms with Crippen molar-refractivity contribution in [3.63, 3.8) is 0 Å². The normalized spacial score (nSPS) is 12.9. The van der Waals surface area contributed by atoms with Crippen LogP contribution in [0.5, 0.6) is 0 Å². The molecule has 0 aliphatic heterocycles. The van der Waals surface area contributed by atoms with Crippen LogP contribution < -0.4 is 5.73 Å². The van der Waals surface area contributed by atoms with E-state index < -0.39 is 12.0 Å². The van der Waals surface area contributed by atoms with E-state index in [1.165, 1.54) is 0 Å². The van der Waals surface area contributed by atoms with Crippen molar-refractivity contribution in [1.29, 1.82) is 0 Å². The SMILES string of the molecule is Cc1c(C(N)C(=O)O)[nH]c2ccccc12. The molecule has 0 aliphatic carbocycles. The van der Waals surface area contributed by atoms with Gasteiger partial charge in [-0.1, -0.05) is 18.2 Å². The number of rotatable bonds is 2. The average molecular weight is 204 g/mol. The van der Waals surface area contributed by atoms with Crippen LogP contribution in [0.25, 0.3) is 10.9 Å². The lowest BCUT2D eigenvalue weighted by Crippen LogP contribution is -2.21. The zero-order chi connectivity index (χ0) is 11.0. The first-order chi connectivity index (χ1) is 7.11. The van der Waals surface area contributed by atoms with Gasteiger partial charge in [-0.25, -0.2) is 0 Å². The predicted molar refractivity (Wildman–Crippen MR) is 57.6 cm³/mol. The number of fused-ring (bicyclic) bond motifs is 1. The molecule has 0 saturated heterocycles. The van der Waals surface area contributed by atoms with Crippen LogP contribution >= 0.6 is 0 Å². The van der Waals surface area contributed by atoms with Crippen LogP contribution in [0.2, 0.25) is 0 Å². The van der Waals surface area contributed by atoms with Crippen molar-refractivity contribution in [2.45, 2.75) is 13.0 Å². The third kappa shape index (κ3) is 1.49. The number of aliphatic carboxylic acids is 1. The lowest BCUT2D eigenvalue weighted by Gasteiger charge is -2.04. The maximum absolute atomic E-state index is 10.8. The Morgan fingerprint density at radius 1 is 1.47 bits per heavy atom. The topological polar surface area (TPSA) is 79.1 Å². The summed E-state index contributed by atoms with van der Waals surface area (Å²) in [6.45, 7) is 1.87. The highest BCUT2D eigenvalue weighted by Crippen LogP contribution is 2.24. The van der Waals surface area contributed by atoms with Crippen LogP contribution in [0.4, 0.5) is 0 Å². The number of aryl methyl sites for hydroxylation is 1. The van der Waals surface area contributed by atoms with Crippen molar-refractivity contribution in [3.8, 4) is 0 Å². The average Bonchev–Trinajstić information content (AvgIpc) is 2.56. The molecular formula is C11H12N2O2. The maximum atomic E-state index is 10.8. The monoisotopic (exact) mass is 204 g/mol. The summed E-state index contributed by atoms with van der Waals surface area (Å²) in [7, 11) is 0. The number of benzene rings is 1. The van der Waals surface area contributed by atoms with Gasteiger partial charge < -0.3 is 15.8 Å². The fraction of sp³-hybridized carbons (Fsp3) is 0.182. The van der Waals surface area contributed by atoms with E-state index in [0.717, 1.165) is 16.5 Å². The van der Waals surface area contributed by atoms with Crippen molar-refractivity contribution in [2.75, 3.05) is 0 Å². The number of carboxylic acid groups (broad SMARTS) is 1. The van der Waals surface area contributed by atoms with Crippen LogP contribution in [0.3, 0.4) is 0 Å². The first-order valence-corrected chi connectivity index (χ1v) is 4.67. The molecule has 0 bridgehead atoms. The standard InChI is InChI=1S/C11H12N2O2/c1-6-7-4-2-3-5-8(7)13-10(6)9(12)11(14)15/h2-5,9,13H,12H2,1H3,(H,14,15). The van der Waals surface area contributed by atoms with E-state index in [1.807, 2.05) is 31.2 Å². The summed E-state index contributed by atoms with van der Waals surface area (Å²) >= 11 is 0. The molecule has 2 rings (SSSR count).